The Kier molecular flexibility index (Phi) is 6.04. The van der Waals surface area contributed by atoms with Gasteiger partial charge in [-0.25, -0.2) is 8.42 Å². The Hall–Kier alpha value is -1.83. The molecule has 0 radical (unpaired) electrons. The molecule has 24 heavy (non-hydrogen) atoms. The van der Waals surface area contributed by atoms with E-state index in [0.29, 0.717) is 25.3 Å². The maximum absolute atomic E-state index is 12.5. The number of furan rings is 1. The van der Waals surface area contributed by atoms with Gasteiger partial charge in [0, 0.05) is 32.5 Å². The molecule has 134 valence electrons. The minimum atomic E-state index is -3.03. The highest BCUT2D eigenvalue weighted by Gasteiger charge is 2.33. The largest absolute Gasteiger partial charge is 0.467 e. The predicted octanol–water partition coefficient (Wildman–Crippen LogP) is 1.05. The maximum Gasteiger partial charge on any atom is 0.224 e. The summed E-state index contributed by atoms with van der Waals surface area (Å²) in [5.41, 5.74) is 0. The van der Waals surface area contributed by atoms with E-state index in [1.165, 1.54) is 13.2 Å². The average molecular weight is 356 g/mol. The number of carbonyl (C=O) groups excluding carboxylic acids is 2. The molecule has 2 heterocycles. The third-order valence-electron chi connectivity index (χ3n) is 4.28. The van der Waals surface area contributed by atoms with E-state index in [2.05, 4.69) is 0 Å². The molecule has 2 amide bonds. The van der Waals surface area contributed by atoms with Crippen LogP contribution in [0, 0.1) is 0 Å². The fourth-order valence-corrected chi connectivity index (χ4v) is 4.70. The van der Waals surface area contributed by atoms with Crippen molar-refractivity contribution < 1.29 is 22.4 Å². The van der Waals surface area contributed by atoms with Crippen molar-refractivity contribution in [3.05, 3.63) is 24.2 Å². The summed E-state index contributed by atoms with van der Waals surface area (Å²) in [6.45, 7) is 4.37. The third kappa shape index (κ3) is 4.83. The maximum atomic E-state index is 12.5. The van der Waals surface area contributed by atoms with Gasteiger partial charge in [-0.2, -0.15) is 0 Å². The lowest BCUT2D eigenvalue weighted by molar-refractivity contribution is -0.135. The summed E-state index contributed by atoms with van der Waals surface area (Å²) < 4.78 is 28.5. The minimum Gasteiger partial charge on any atom is -0.467 e. The van der Waals surface area contributed by atoms with Gasteiger partial charge in [-0.3, -0.25) is 9.59 Å². The van der Waals surface area contributed by atoms with Crippen molar-refractivity contribution >= 4 is 21.7 Å². The Morgan fingerprint density at radius 2 is 2.12 bits per heavy atom. The van der Waals surface area contributed by atoms with E-state index in [0.717, 1.165) is 0 Å². The monoisotopic (exact) mass is 356 g/mol. The van der Waals surface area contributed by atoms with Gasteiger partial charge in [0.05, 0.1) is 24.3 Å². The third-order valence-corrected chi connectivity index (χ3v) is 6.03. The van der Waals surface area contributed by atoms with Gasteiger partial charge < -0.3 is 14.2 Å². The molecule has 1 saturated heterocycles. The first kappa shape index (κ1) is 18.5. The van der Waals surface area contributed by atoms with Gasteiger partial charge in [0.25, 0.3) is 0 Å². The summed E-state index contributed by atoms with van der Waals surface area (Å²) in [4.78, 5) is 27.4. The standard InChI is InChI=1S/C16H24N2O5S/c1-3-18(14-7-10-24(21,22)12-14)16(20)6-8-17(13(2)19)11-15-5-4-9-23-15/h4-5,9,14H,3,6-8,10-12H2,1-2H3. The number of hydrogen-bond acceptors (Lipinski definition) is 5. The summed E-state index contributed by atoms with van der Waals surface area (Å²) in [5, 5.41) is 0. The van der Waals surface area contributed by atoms with E-state index >= 15 is 0 Å². The number of hydrogen-bond donors (Lipinski definition) is 0. The van der Waals surface area contributed by atoms with Crippen molar-refractivity contribution in [1.82, 2.24) is 9.80 Å². The van der Waals surface area contributed by atoms with E-state index in [1.54, 1.807) is 21.9 Å². The number of sulfone groups is 1. The summed E-state index contributed by atoms with van der Waals surface area (Å²) in [5.74, 6) is 0.581. The highest BCUT2D eigenvalue weighted by molar-refractivity contribution is 7.91. The van der Waals surface area contributed by atoms with Crippen LogP contribution in [0.2, 0.25) is 0 Å². The molecule has 2 rings (SSSR count). The van der Waals surface area contributed by atoms with Crippen molar-refractivity contribution in [2.45, 2.75) is 39.3 Å². The molecule has 1 fully saturated rings. The first-order chi connectivity index (χ1) is 11.3. The number of carbonyl (C=O) groups is 2. The van der Waals surface area contributed by atoms with E-state index in [4.69, 9.17) is 4.42 Å². The summed E-state index contributed by atoms with van der Waals surface area (Å²) in [6, 6.07) is 3.28. The van der Waals surface area contributed by atoms with Gasteiger partial charge in [-0.1, -0.05) is 0 Å². The Balaban J connectivity index is 1.92. The zero-order valence-electron chi connectivity index (χ0n) is 14.1. The molecular weight excluding hydrogens is 332 g/mol. The average Bonchev–Trinajstić information content (AvgIpc) is 3.13. The van der Waals surface area contributed by atoms with E-state index in [9.17, 15) is 18.0 Å². The molecule has 0 saturated carbocycles. The first-order valence-electron chi connectivity index (χ1n) is 8.10. The van der Waals surface area contributed by atoms with Crippen LogP contribution in [-0.2, 0) is 26.0 Å². The molecule has 0 aromatic carbocycles. The zero-order chi connectivity index (χ0) is 17.7. The molecule has 1 aromatic heterocycles. The number of amides is 2. The van der Waals surface area contributed by atoms with E-state index in [-0.39, 0.29) is 42.3 Å². The Morgan fingerprint density at radius 3 is 2.62 bits per heavy atom. The van der Waals surface area contributed by atoms with Crippen molar-refractivity contribution in [3.8, 4) is 0 Å². The van der Waals surface area contributed by atoms with Crippen LogP contribution < -0.4 is 0 Å². The number of nitrogens with zero attached hydrogens (tertiary/aromatic N) is 2. The van der Waals surface area contributed by atoms with Crippen LogP contribution in [0.25, 0.3) is 0 Å². The highest BCUT2D eigenvalue weighted by atomic mass is 32.2. The molecule has 1 atom stereocenters. The van der Waals surface area contributed by atoms with Gasteiger partial charge in [0.1, 0.15) is 5.76 Å². The van der Waals surface area contributed by atoms with E-state index < -0.39 is 9.84 Å². The Labute approximate surface area is 142 Å². The SMILES string of the molecule is CCN(C(=O)CCN(Cc1ccco1)C(C)=O)C1CCS(=O)(=O)C1. The molecule has 0 spiro atoms. The minimum absolute atomic E-state index is 0.0371. The lowest BCUT2D eigenvalue weighted by Gasteiger charge is -2.28. The fourth-order valence-electron chi connectivity index (χ4n) is 2.97. The van der Waals surface area contributed by atoms with Gasteiger partial charge in [-0.15, -0.1) is 0 Å². The van der Waals surface area contributed by atoms with Crippen molar-refractivity contribution in [2.24, 2.45) is 0 Å². The Bertz CT molecular complexity index is 669. The van der Waals surface area contributed by atoms with Crippen molar-refractivity contribution in [1.29, 1.82) is 0 Å². The first-order valence-corrected chi connectivity index (χ1v) is 9.92. The molecule has 1 aromatic rings. The highest BCUT2D eigenvalue weighted by Crippen LogP contribution is 2.18. The molecule has 8 heteroatoms. The smallest absolute Gasteiger partial charge is 0.224 e. The van der Waals surface area contributed by atoms with Crippen LogP contribution >= 0.6 is 0 Å². The lowest BCUT2D eigenvalue weighted by atomic mass is 10.2. The van der Waals surface area contributed by atoms with Gasteiger partial charge >= 0.3 is 0 Å². The molecule has 1 unspecified atom stereocenters. The second kappa shape index (κ2) is 7.83. The molecule has 0 bridgehead atoms. The van der Waals surface area contributed by atoms with Gasteiger partial charge in [-0.05, 0) is 25.5 Å². The summed E-state index contributed by atoms with van der Waals surface area (Å²) in [6.07, 6.45) is 2.20. The second-order valence-electron chi connectivity index (χ2n) is 6.01. The number of rotatable bonds is 7. The lowest BCUT2D eigenvalue weighted by Crippen LogP contribution is -2.42. The molecule has 1 aliphatic rings. The normalized spacial score (nSPS) is 19.2. The van der Waals surface area contributed by atoms with Crippen LogP contribution in [0.3, 0.4) is 0 Å². The Morgan fingerprint density at radius 1 is 1.38 bits per heavy atom. The van der Waals surface area contributed by atoms with Crippen molar-refractivity contribution in [2.75, 3.05) is 24.6 Å². The molecule has 0 N–H and O–H groups in total. The van der Waals surface area contributed by atoms with Crippen LogP contribution in [0.15, 0.2) is 22.8 Å². The molecule has 0 aliphatic carbocycles. The van der Waals surface area contributed by atoms with Crippen LogP contribution in [0.1, 0.15) is 32.4 Å². The molecular formula is C16H24N2O5S. The summed E-state index contributed by atoms with van der Waals surface area (Å²) >= 11 is 0. The van der Waals surface area contributed by atoms with Gasteiger partial charge in [0.2, 0.25) is 11.8 Å². The zero-order valence-corrected chi connectivity index (χ0v) is 14.9. The predicted molar refractivity (Wildman–Crippen MR) is 88.9 cm³/mol. The van der Waals surface area contributed by atoms with Crippen LogP contribution in [0.4, 0.5) is 0 Å². The quantitative estimate of drug-likeness (QED) is 0.729. The second-order valence-corrected chi connectivity index (χ2v) is 8.24. The fraction of sp³-hybridized carbons (Fsp3) is 0.625. The summed E-state index contributed by atoms with van der Waals surface area (Å²) in [7, 11) is -3.03. The van der Waals surface area contributed by atoms with Crippen LogP contribution in [0.5, 0.6) is 0 Å². The van der Waals surface area contributed by atoms with E-state index in [1.807, 2.05) is 6.92 Å². The molecule has 1 aliphatic heterocycles. The van der Waals surface area contributed by atoms with Crippen molar-refractivity contribution in [3.63, 3.8) is 0 Å². The van der Waals surface area contributed by atoms with Crippen LogP contribution in [-0.4, -0.2) is 60.7 Å². The topological polar surface area (TPSA) is 87.9 Å². The molecule has 7 nitrogen and oxygen atoms in total. The van der Waals surface area contributed by atoms with Gasteiger partial charge in [0.15, 0.2) is 9.84 Å².